The van der Waals surface area contributed by atoms with Gasteiger partial charge in [-0.2, -0.15) is 0 Å². The minimum absolute atomic E-state index is 0.0567. The molecule has 3 amide bonds. The number of anilines is 1. The molecule has 0 bridgehead atoms. The van der Waals surface area contributed by atoms with E-state index in [0.717, 1.165) is 24.9 Å². The fourth-order valence-corrected chi connectivity index (χ4v) is 2.54. The monoisotopic (exact) mass is 290 g/mol. The van der Waals surface area contributed by atoms with Gasteiger partial charge in [0.15, 0.2) is 0 Å². The summed E-state index contributed by atoms with van der Waals surface area (Å²) in [4.78, 5) is 22.7. The minimum atomic E-state index is -0.590. The molecule has 5 N–H and O–H groups in total. The number of hydrogen-bond donors (Lipinski definition) is 4. The molecule has 6 nitrogen and oxygen atoms in total. The molecule has 0 aliphatic carbocycles. The van der Waals surface area contributed by atoms with Crippen molar-refractivity contribution in [3.63, 3.8) is 0 Å². The minimum Gasteiger partial charge on any atom is -0.351 e. The lowest BCUT2D eigenvalue weighted by atomic mass is 10.1. The Labute approximate surface area is 124 Å². The first-order chi connectivity index (χ1) is 10.0. The Balaban J connectivity index is 1.85. The predicted molar refractivity (Wildman–Crippen MR) is 81.8 cm³/mol. The molecule has 1 heterocycles. The summed E-state index contributed by atoms with van der Waals surface area (Å²) in [6, 6.07) is 6.91. The Bertz CT molecular complexity index is 495. The fourth-order valence-electron chi connectivity index (χ4n) is 2.54. The Morgan fingerprint density at radius 3 is 2.67 bits per heavy atom. The summed E-state index contributed by atoms with van der Waals surface area (Å²) < 4.78 is 0. The maximum absolute atomic E-state index is 12.0. The fraction of sp³-hybridized carbons (Fsp3) is 0.467. The molecule has 1 saturated heterocycles. The van der Waals surface area contributed by atoms with E-state index >= 15 is 0 Å². The van der Waals surface area contributed by atoms with E-state index in [1.807, 2.05) is 19.1 Å². The third kappa shape index (κ3) is 4.75. The van der Waals surface area contributed by atoms with E-state index in [1.165, 1.54) is 0 Å². The SMILES string of the molecule is CC(NC(=O)CC1CCCN1)c1ccc(NC(N)=O)cc1. The second-order valence-electron chi connectivity index (χ2n) is 5.40. The van der Waals surface area contributed by atoms with Crippen LogP contribution in [0.3, 0.4) is 0 Å². The Morgan fingerprint density at radius 1 is 1.38 bits per heavy atom. The van der Waals surface area contributed by atoms with Crippen molar-refractivity contribution >= 4 is 17.6 Å². The van der Waals surface area contributed by atoms with Crippen molar-refractivity contribution in [3.8, 4) is 0 Å². The molecule has 0 aromatic heterocycles. The molecule has 2 rings (SSSR count). The summed E-state index contributed by atoms with van der Waals surface area (Å²) in [7, 11) is 0. The zero-order valence-corrected chi connectivity index (χ0v) is 12.2. The first-order valence-electron chi connectivity index (χ1n) is 7.24. The number of amides is 3. The van der Waals surface area contributed by atoms with Gasteiger partial charge < -0.3 is 21.7 Å². The van der Waals surface area contributed by atoms with Crippen LogP contribution in [0.15, 0.2) is 24.3 Å². The third-order valence-corrected chi connectivity index (χ3v) is 3.65. The highest BCUT2D eigenvalue weighted by molar-refractivity contribution is 5.87. The van der Waals surface area contributed by atoms with Crippen LogP contribution in [-0.4, -0.2) is 24.5 Å². The quantitative estimate of drug-likeness (QED) is 0.661. The second kappa shape index (κ2) is 7.08. The van der Waals surface area contributed by atoms with Gasteiger partial charge in [-0.3, -0.25) is 4.79 Å². The van der Waals surface area contributed by atoms with Crippen molar-refractivity contribution in [3.05, 3.63) is 29.8 Å². The lowest BCUT2D eigenvalue weighted by molar-refractivity contribution is -0.122. The lowest BCUT2D eigenvalue weighted by Crippen LogP contribution is -2.33. The van der Waals surface area contributed by atoms with Gasteiger partial charge in [0.2, 0.25) is 5.91 Å². The van der Waals surface area contributed by atoms with Crippen LogP contribution >= 0.6 is 0 Å². The van der Waals surface area contributed by atoms with Gasteiger partial charge in [-0.25, -0.2) is 4.79 Å². The predicted octanol–water partition coefficient (Wildman–Crippen LogP) is 1.50. The molecule has 0 radical (unpaired) electrons. The van der Waals surface area contributed by atoms with Gasteiger partial charge in [0.05, 0.1) is 6.04 Å². The summed E-state index contributed by atoms with van der Waals surface area (Å²) in [6.07, 6.45) is 2.72. The molecule has 2 unspecified atom stereocenters. The summed E-state index contributed by atoms with van der Waals surface area (Å²) in [5, 5.41) is 8.81. The number of urea groups is 1. The van der Waals surface area contributed by atoms with Crippen molar-refractivity contribution in [2.45, 2.75) is 38.3 Å². The van der Waals surface area contributed by atoms with Gasteiger partial charge >= 0.3 is 6.03 Å². The van der Waals surface area contributed by atoms with E-state index < -0.39 is 6.03 Å². The summed E-state index contributed by atoms with van der Waals surface area (Å²) >= 11 is 0. The molecule has 6 heteroatoms. The maximum atomic E-state index is 12.0. The molecule has 1 aliphatic heterocycles. The number of primary amides is 1. The first-order valence-corrected chi connectivity index (χ1v) is 7.24. The first kappa shape index (κ1) is 15.3. The van der Waals surface area contributed by atoms with Crippen LogP contribution in [0.25, 0.3) is 0 Å². The molecule has 1 fully saturated rings. The van der Waals surface area contributed by atoms with Gasteiger partial charge in [0.25, 0.3) is 0 Å². The van der Waals surface area contributed by atoms with Crippen LogP contribution in [-0.2, 0) is 4.79 Å². The van der Waals surface area contributed by atoms with E-state index in [4.69, 9.17) is 5.73 Å². The van der Waals surface area contributed by atoms with Gasteiger partial charge in [-0.15, -0.1) is 0 Å². The van der Waals surface area contributed by atoms with E-state index in [2.05, 4.69) is 16.0 Å². The Morgan fingerprint density at radius 2 is 2.10 bits per heavy atom. The van der Waals surface area contributed by atoms with E-state index in [1.54, 1.807) is 12.1 Å². The number of nitrogens with one attached hydrogen (secondary N) is 3. The molecule has 2 atom stereocenters. The maximum Gasteiger partial charge on any atom is 0.316 e. The molecule has 114 valence electrons. The number of benzene rings is 1. The van der Waals surface area contributed by atoms with Crippen LogP contribution in [0.1, 0.15) is 37.8 Å². The van der Waals surface area contributed by atoms with Gasteiger partial charge in [0.1, 0.15) is 0 Å². The van der Waals surface area contributed by atoms with Crippen LogP contribution in [0.5, 0.6) is 0 Å². The van der Waals surface area contributed by atoms with E-state index in [0.29, 0.717) is 18.2 Å². The smallest absolute Gasteiger partial charge is 0.316 e. The Hall–Kier alpha value is -2.08. The van der Waals surface area contributed by atoms with Crippen molar-refractivity contribution in [2.75, 3.05) is 11.9 Å². The van der Waals surface area contributed by atoms with Crippen LogP contribution in [0, 0.1) is 0 Å². The molecule has 0 saturated carbocycles. The summed E-state index contributed by atoms with van der Waals surface area (Å²) in [6.45, 7) is 2.94. The van der Waals surface area contributed by atoms with Crippen LogP contribution in [0.4, 0.5) is 10.5 Å². The van der Waals surface area contributed by atoms with Gasteiger partial charge in [0, 0.05) is 18.2 Å². The second-order valence-corrected chi connectivity index (χ2v) is 5.40. The highest BCUT2D eigenvalue weighted by Crippen LogP contribution is 2.17. The van der Waals surface area contributed by atoms with Crippen molar-refractivity contribution in [1.82, 2.24) is 10.6 Å². The number of nitrogens with two attached hydrogens (primary N) is 1. The molecule has 1 aromatic rings. The average molecular weight is 290 g/mol. The van der Waals surface area contributed by atoms with Crippen molar-refractivity contribution in [2.24, 2.45) is 5.73 Å². The van der Waals surface area contributed by atoms with E-state index in [-0.39, 0.29) is 11.9 Å². The van der Waals surface area contributed by atoms with Crippen molar-refractivity contribution < 1.29 is 9.59 Å². The molecule has 21 heavy (non-hydrogen) atoms. The number of carbonyl (C=O) groups is 2. The zero-order chi connectivity index (χ0) is 15.2. The lowest BCUT2D eigenvalue weighted by Gasteiger charge is -2.17. The number of rotatable bonds is 5. The highest BCUT2D eigenvalue weighted by Gasteiger charge is 2.18. The van der Waals surface area contributed by atoms with Gasteiger partial charge in [-0.1, -0.05) is 12.1 Å². The molecule has 1 aromatic carbocycles. The van der Waals surface area contributed by atoms with E-state index in [9.17, 15) is 9.59 Å². The molecule has 0 spiro atoms. The summed E-state index contributed by atoms with van der Waals surface area (Å²) in [5.41, 5.74) is 6.68. The zero-order valence-electron chi connectivity index (χ0n) is 12.2. The Kier molecular flexibility index (Phi) is 5.16. The highest BCUT2D eigenvalue weighted by atomic mass is 16.2. The normalized spacial score (nSPS) is 19.0. The largest absolute Gasteiger partial charge is 0.351 e. The molecule has 1 aliphatic rings. The van der Waals surface area contributed by atoms with Gasteiger partial charge in [-0.05, 0) is 44.0 Å². The number of carbonyl (C=O) groups excluding carboxylic acids is 2. The molecular weight excluding hydrogens is 268 g/mol. The van der Waals surface area contributed by atoms with Crippen molar-refractivity contribution in [1.29, 1.82) is 0 Å². The standard InChI is InChI=1S/C15H22N4O2/c1-10(18-14(20)9-13-3-2-8-17-13)11-4-6-12(7-5-11)19-15(16)21/h4-7,10,13,17H,2-3,8-9H2,1H3,(H,18,20)(H3,16,19,21). The third-order valence-electron chi connectivity index (χ3n) is 3.65. The molecular formula is C15H22N4O2. The summed E-state index contributed by atoms with van der Waals surface area (Å²) in [5.74, 6) is 0.0567. The van der Waals surface area contributed by atoms with Crippen LogP contribution < -0.4 is 21.7 Å². The number of hydrogen-bond acceptors (Lipinski definition) is 3. The topological polar surface area (TPSA) is 96.2 Å². The average Bonchev–Trinajstić information content (AvgIpc) is 2.91. The van der Waals surface area contributed by atoms with Crippen LogP contribution in [0.2, 0.25) is 0 Å².